The fourth-order valence-electron chi connectivity index (χ4n) is 2.68. The van der Waals surface area contributed by atoms with E-state index in [1.807, 2.05) is 38.1 Å². The summed E-state index contributed by atoms with van der Waals surface area (Å²) in [5.41, 5.74) is 1.40. The number of urea groups is 1. The molecule has 0 spiro atoms. The molecule has 2 N–H and O–H groups in total. The van der Waals surface area contributed by atoms with E-state index in [-0.39, 0.29) is 6.03 Å². The molecule has 130 valence electrons. The predicted octanol–water partition coefficient (Wildman–Crippen LogP) is 3.88. The Bertz CT molecular complexity index is 875. The Kier molecular flexibility index (Phi) is 4.18. The highest BCUT2D eigenvalue weighted by Crippen LogP contribution is 2.30. The number of anilines is 1. The van der Waals surface area contributed by atoms with E-state index in [2.05, 4.69) is 20.6 Å². The first-order chi connectivity index (χ1) is 12.0. The van der Waals surface area contributed by atoms with Gasteiger partial charge in [0.15, 0.2) is 5.13 Å². The van der Waals surface area contributed by atoms with Crippen LogP contribution in [0.15, 0.2) is 24.3 Å². The van der Waals surface area contributed by atoms with Crippen LogP contribution in [0.2, 0.25) is 0 Å². The summed E-state index contributed by atoms with van der Waals surface area (Å²) in [6.07, 6.45) is 0.798. The monoisotopic (exact) mass is 374 g/mol. The standard InChI is InChI=1S/C17H18N4O2S2/c1-17(2,14-18-10-5-3-4-6-12(10)24-14)21-15(22)20-16-19-11-7-8-23-9-13(11)25-16/h3-6H,7-9H2,1-2H3,(H2,19,20,21,22). The zero-order valence-electron chi connectivity index (χ0n) is 14.0. The van der Waals surface area contributed by atoms with Crippen LogP contribution in [0.3, 0.4) is 0 Å². The summed E-state index contributed by atoms with van der Waals surface area (Å²) in [7, 11) is 0. The van der Waals surface area contributed by atoms with Crippen LogP contribution in [0.25, 0.3) is 10.2 Å². The lowest BCUT2D eigenvalue weighted by molar-refractivity contribution is 0.112. The Hall–Kier alpha value is -2.03. The molecule has 2 aromatic heterocycles. The van der Waals surface area contributed by atoms with Gasteiger partial charge in [-0.05, 0) is 26.0 Å². The second kappa shape index (κ2) is 6.36. The molecule has 0 atom stereocenters. The average molecular weight is 374 g/mol. The largest absolute Gasteiger partial charge is 0.375 e. The topological polar surface area (TPSA) is 76.1 Å². The number of rotatable bonds is 3. The smallest absolute Gasteiger partial charge is 0.321 e. The molecule has 6 nitrogen and oxygen atoms in total. The molecule has 1 aliphatic rings. The van der Waals surface area contributed by atoms with E-state index in [1.165, 1.54) is 11.3 Å². The van der Waals surface area contributed by atoms with Crippen LogP contribution in [-0.2, 0) is 23.3 Å². The number of carbonyl (C=O) groups excluding carboxylic acids is 1. The Balaban J connectivity index is 1.48. The number of aromatic nitrogens is 2. The Morgan fingerprint density at radius 3 is 2.88 bits per heavy atom. The summed E-state index contributed by atoms with van der Waals surface area (Å²) < 4.78 is 6.53. The first-order valence-corrected chi connectivity index (χ1v) is 9.66. The van der Waals surface area contributed by atoms with Gasteiger partial charge in [0.25, 0.3) is 0 Å². The third kappa shape index (κ3) is 3.37. The molecule has 2 amide bonds. The van der Waals surface area contributed by atoms with Gasteiger partial charge < -0.3 is 10.1 Å². The van der Waals surface area contributed by atoms with Crippen molar-refractivity contribution in [3.63, 3.8) is 0 Å². The predicted molar refractivity (Wildman–Crippen MR) is 100 cm³/mol. The van der Waals surface area contributed by atoms with E-state index in [9.17, 15) is 4.79 Å². The number of nitrogens with zero attached hydrogens (tertiary/aromatic N) is 2. The number of thiazole rings is 2. The number of hydrogen-bond donors (Lipinski definition) is 2. The summed E-state index contributed by atoms with van der Waals surface area (Å²) >= 11 is 3.06. The molecule has 0 unspecified atom stereocenters. The van der Waals surface area contributed by atoms with Crippen molar-refractivity contribution < 1.29 is 9.53 Å². The second-order valence-electron chi connectivity index (χ2n) is 6.38. The molecule has 4 rings (SSSR count). The maximum atomic E-state index is 12.4. The zero-order valence-corrected chi connectivity index (χ0v) is 15.6. The van der Waals surface area contributed by atoms with E-state index in [0.717, 1.165) is 32.2 Å². The van der Waals surface area contributed by atoms with Gasteiger partial charge in [-0.3, -0.25) is 5.32 Å². The number of fused-ring (bicyclic) bond motifs is 2. The van der Waals surface area contributed by atoms with Crippen molar-refractivity contribution in [2.45, 2.75) is 32.4 Å². The maximum Gasteiger partial charge on any atom is 0.321 e. The molecule has 0 saturated carbocycles. The number of nitrogens with one attached hydrogen (secondary N) is 2. The van der Waals surface area contributed by atoms with Gasteiger partial charge in [0, 0.05) is 6.42 Å². The summed E-state index contributed by atoms with van der Waals surface area (Å²) in [5.74, 6) is 0. The van der Waals surface area contributed by atoms with Crippen molar-refractivity contribution >= 4 is 44.1 Å². The number of hydrogen-bond acceptors (Lipinski definition) is 6. The molecule has 0 radical (unpaired) electrons. The second-order valence-corrected chi connectivity index (χ2v) is 8.50. The van der Waals surface area contributed by atoms with Crippen molar-refractivity contribution in [2.24, 2.45) is 0 Å². The van der Waals surface area contributed by atoms with E-state index >= 15 is 0 Å². The number of ether oxygens (including phenoxy) is 1. The van der Waals surface area contributed by atoms with Crippen LogP contribution >= 0.6 is 22.7 Å². The van der Waals surface area contributed by atoms with Crippen LogP contribution in [-0.4, -0.2) is 22.6 Å². The highest BCUT2D eigenvalue weighted by molar-refractivity contribution is 7.18. The molecule has 0 saturated heterocycles. The fourth-order valence-corrected chi connectivity index (χ4v) is 4.65. The van der Waals surface area contributed by atoms with Crippen molar-refractivity contribution in [1.82, 2.24) is 15.3 Å². The minimum Gasteiger partial charge on any atom is -0.375 e. The van der Waals surface area contributed by atoms with Crippen molar-refractivity contribution in [3.05, 3.63) is 39.8 Å². The lowest BCUT2D eigenvalue weighted by Crippen LogP contribution is -2.43. The van der Waals surface area contributed by atoms with Crippen molar-refractivity contribution in [3.8, 4) is 0 Å². The number of benzene rings is 1. The summed E-state index contributed by atoms with van der Waals surface area (Å²) in [6.45, 7) is 5.16. The van der Waals surface area contributed by atoms with Crippen molar-refractivity contribution in [2.75, 3.05) is 11.9 Å². The van der Waals surface area contributed by atoms with Gasteiger partial charge in [-0.25, -0.2) is 14.8 Å². The minimum absolute atomic E-state index is 0.281. The molecule has 0 aliphatic carbocycles. The van der Waals surface area contributed by atoms with Crippen molar-refractivity contribution in [1.29, 1.82) is 0 Å². The van der Waals surface area contributed by atoms with Crippen LogP contribution < -0.4 is 10.6 Å². The molecule has 0 fully saturated rings. The van der Waals surface area contributed by atoms with Crippen LogP contribution in [0.5, 0.6) is 0 Å². The lowest BCUT2D eigenvalue weighted by atomic mass is 10.1. The highest BCUT2D eigenvalue weighted by atomic mass is 32.1. The molecule has 25 heavy (non-hydrogen) atoms. The van der Waals surface area contributed by atoms with Gasteiger partial charge in [-0.15, -0.1) is 11.3 Å². The molecule has 3 heterocycles. The van der Waals surface area contributed by atoms with Crippen LogP contribution in [0, 0.1) is 0 Å². The quantitative estimate of drug-likeness (QED) is 0.729. The Morgan fingerprint density at radius 1 is 1.24 bits per heavy atom. The third-order valence-electron chi connectivity index (χ3n) is 3.97. The third-order valence-corrected chi connectivity index (χ3v) is 6.32. The lowest BCUT2D eigenvalue weighted by Gasteiger charge is -2.23. The summed E-state index contributed by atoms with van der Waals surface area (Å²) in [5, 5.41) is 7.31. The SMILES string of the molecule is CC(C)(NC(=O)Nc1nc2c(s1)COCC2)c1nc2ccccc2s1. The van der Waals surface area contributed by atoms with Crippen LogP contribution in [0.4, 0.5) is 9.93 Å². The minimum atomic E-state index is -0.576. The molecule has 1 aromatic carbocycles. The van der Waals surface area contributed by atoms with Gasteiger partial charge in [0.1, 0.15) is 5.01 Å². The number of carbonyl (C=O) groups is 1. The van der Waals surface area contributed by atoms with Gasteiger partial charge in [0.05, 0.1) is 39.5 Å². The highest BCUT2D eigenvalue weighted by Gasteiger charge is 2.27. The fraction of sp³-hybridized carbons (Fsp3) is 0.353. The maximum absolute atomic E-state index is 12.4. The molecule has 1 aliphatic heterocycles. The summed E-state index contributed by atoms with van der Waals surface area (Å²) in [6, 6.07) is 7.69. The average Bonchev–Trinajstić information content (AvgIpc) is 3.17. The van der Waals surface area contributed by atoms with E-state index in [1.54, 1.807) is 11.3 Å². The molecule has 8 heteroatoms. The van der Waals surface area contributed by atoms with Gasteiger partial charge in [0.2, 0.25) is 0 Å². The molecule has 0 bridgehead atoms. The normalized spacial score (nSPS) is 14.3. The number of para-hydroxylation sites is 1. The molecule has 3 aromatic rings. The van der Waals surface area contributed by atoms with E-state index in [0.29, 0.717) is 18.3 Å². The summed E-state index contributed by atoms with van der Waals surface area (Å²) in [4.78, 5) is 22.6. The Morgan fingerprint density at radius 2 is 2.08 bits per heavy atom. The van der Waals surface area contributed by atoms with Gasteiger partial charge in [-0.1, -0.05) is 23.5 Å². The first-order valence-electron chi connectivity index (χ1n) is 8.03. The molecular formula is C17H18N4O2S2. The van der Waals surface area contributed by atoms with Crippen LogP contribution in [0.1, 0.15) is 29.4 Å². The molecular weight excluding hydrogens is 356 g/mol. The zero-order chi connectivity index (χ0) is 17.4. The van der Waals surface area contributed by atoms with E-state index < -0.39 is 5.54 Å². The van der Waals surface area contributed by atoms with Gasteiger partial charge >= 0.3 is 6.03 Å². The Labute approximate surface area is 153 Å². The number of amides is 2. The van der Waals surface area contributed by atoms with Gasteiger partial charge in [-0.2, -0.15) is 0 Å². The first kappa shape index (κ1) is 16.4. The van der Waals surface area contributed by atoms with E-state index in [4.69, 9.17) is 4.74 Å².